The van der Waals surface area contributed by atoms with Gasteiger partial charge in [-0.3, -0.25) is 0 Å². The molecule has 0 bridgehead atoms. The van der Waals surface area contributed by atoms with Crippen molar-refractivity contribution in [1.29, 1.82) is 0 Å². The molecule has 94 valence electrons. The number of rotatable bonds is 3. The van der Waals surface area contributed by atoms with Crippen LogP contribution in [-0.2, 0) is 10.0 Å². The summed E-state index contributed by atoms with van der Waals surface area (Å²) in [6, 6.07) is 6.35. The Morgan fingerprint density at radius 2 is 1.88 bits per heavy atom. The maximum atomic E-state index is 12.0. The summed E-state index contributed by atoms with van der Waals surface area (Å²) in [5.74, 6) is 0. The molecule has 4 nitrogen and oxygen atoms in total. The Morgan fingerprint density at radius 1 is 1.24 bits per heavy atom. The van der Waals surface area contributed by atoms with Crippen LogP contribution in [0.4, 0.5) is 0 Å². The fraction of sp³-hybridized carbons (Fsp3) is 0.500. The van der Waals surface area contributed by atoms with Crippen LogP contribution in [0.15, 0.2) is 29.2 Å². The predicted molar refractivity (Wildman–Crippen MR) is 65.1 cm³/mol. The fourth-order valence-electron chi connectivity index (χ4n) is 2.06. The molecule has 0 amide bonds. The molecule has 0 aliphatic heterocycles. The van der Waals surface area contributed by atoms with Crippen molar-refractivity contribution < 1.29 is 13.5 Å². The van der Waals surface area contributed by atoms with Crippen molar-refractivity contribution in [2.45, 2.75) is 43.2 Å². The molecule has 0 radical (unpaired) electrons. The van der Waals surface area contributed by atoms with E-state index in [1.54, 1.807) is 24.3 Å². The molecule has 2 N–H and O–H groups in total. The summed E-state index contributed by atoms with van der Waals surface area (Å²) in [4.78, 5) is 0.252. The van der Waals surface area contributed by atoms with Crippen LogP contribution in [-0.4, -0.2) is 25.7 Å². The minimum atomic E-state index is -3.50. The minimum absolute atomic E-state index is 0.252. The van der Waals surface area contributed by atoms with E-state index >= 15 is 0 Å². The molecule has 17 heavy (non-hydrogen) atoms. The minimum Gasteiger partial charge on any atom is -0.391 e. The van der Waals surface area contributed by atoms with Crippen molar-refractivity contribution in [3.05, 3.63) is 29.8 Å². The number of aliphatic hydroxyl groups excluding tert-OH is 1. The predicted octanol–water partition coefficient (Wildman–Crippen LogP) is 1.19. The fourth-order valence-corrected chi connectivity index (χ4v) is 3.37. The van der Waals surface area contributed by atoms with Crippen molar-refractivity contribution in [2.75, 3.05) is 0 Å². The molecule has 1 saturated carbocycles. The second-order valence-corrected chi connectivity index (χ2v) is 6.25. The van der Waals surface area contributed by atoms with Gasteiger partial charge in [-0.2, -0.15) is 0 Å². The first-order valence-electron chi connectivity index (χ1n) is 5.76. The third kappa shape index (κ3) is 2.86. The molecule has 1 aromatic rings. The summed E-state index contributed by atoms with van der Waals surface area (Å²) < 4.78 is 26.6. The third-order valence-corrected chi connectivity index (χ3v) is 4.62. The summed E-state index contributed by atoms with van der Waals surface area (Å²) in [5.41, 5.74) is 1.02. The van der Waals surface area contributed by atoms with Crippen LogP contribution in [0, 0.1) is 6.92 Å². The lowest BCUT2D eigenvalue weighted by Crippen LogP contribution is -2.39. The molecule has 0 spiro atoms. The lowest BCUT2D eigenvalue weighted by Gasteiger charge is -2.16. The third-order valence-electron chi connectivity index (χ3n) is 3.12. The van der Waals surface area contributed by atoms with E-state index in [0.717, 1.165) is 12.0 Å². The van der Waals surface area contributed by atoms with Crippen LogP contribution < -0.4 is 4.72 Å². The molecule has 0 heterocycles. The van der Waals surface area contributed by atoms with Gasteiger partial charge in [0.2, 0.25) is 10.0 Å². The number of aliphatic hydroxyl groups is 1. The Balaban J connectivity index is 2.16. The zero-order valence-electron chi connectivity index (χ0n) is 9.76. The summed E-state index contributed by atoms with van der Waals surface area (Å²) in [5, 5.41) is 9.62. The van der Waals surface area contributed by atoms with Gasteiger partial charge >= 0.3 is 0 Å². The highest BCUT2D eigenvalue weighted by molar-refractivity contribution is 7.89. The van der Waals surface area contributed by atoms with Gasteiger partial charge < -0.3 is 5.11 Å². The summed E-state index contributed by atoms with van der Waals surface area (Å²) in [6.07, 6.45) is 1.67. The van der Waals surface area contributed by atoms with Gasteiger partial charge in [0, 0.05) is 6.04 Å². The molecule has 2 atom stereocenters. The van der Waals surface area contributed by atoms with E-state index in [9.17, 15) is 13.5 Å². The molecule has 5 heteroatoms. The van der Waals surface area contributed by atoms with Gasteiger partial charge in [-0.25, -0.2) is 13.1 Å². The Bertz CT molecular complexity index is 481. The number of nitrogens with one attached hydrogen (secondary N) is 1. The molecular weight excluding hydrogens is 238 g/mol. The first kappa shape index (κ1) is 12.5. The maximum Gasteiger partial charge on any atom is 0.240 e. The smallest absolute Gasteiger partial charge is 0.240 e. The second kappa shape index (κ2) is 4.76. The van der Waals surface area contributed by atoms with Crippen molar-refractivity contribution in [3.8, 4) is 0 Å². The second-order valence-electron chi connectivity index (χ2n) is 4.54. The number of hydrogen-bond donors (Lipinski definition) is 2. The Hall–Kier alpha value is -0.910. The van der Waals surface area contributed by atoms with Gasteiger partial charge in [0.15, 0.2) is 0 Å². The average molecular weight is 255 g/mol. The van der Waals surface area contributed by atoms with E-state index in [0.29, 0.717) is 12.8 Å². The SMILES string of the molecule is Cc1ccc(S(=O)(=O)NC2CCCC2O)cc1. The topological polar surface area (TPSA) is 66.4 Å². The first-order chi connectivity index (χ1) is 7.99. The molecule has 0 saturated heterocycles. The van der Waals surface area contributed by atoms with Gasteiger partial charge in [0.25, 0.3) is 0 Å². The highest BCUT2D eigenvalue weighted by Gasteiger charge is 2.29. The molecular formula is C12H17NO3S. The van der Waals surface area contributed by atoms with Crippen LogP contribution in [0.5, 0.6) is 0 Å². The van der Waals surface area contributed by atoms with Crippen LogP contribution in [0.25, 0.3) is 0 Å². The van der Waals surface area contributed by atoms with E-state index in [2.05, 4.69) is 4.72 Å². The standard InChI is InChI=1S/C12H17NO3S/c1-9-5-7-10(8-6-9)17(15,16)13-11-3-2-4-12(11)14/h5-8,11-14H,2-4H2,1H3. The molecule has 1 aliphatic rings. The van der Waals surface area contributed by atoms with Crippen molar-refractivity contribution >= 4 is 10.0 Å². The highest BCUT2D eigenvalue weighted by Crippen LogP contribution is 2.21. The Morgan fingerprint density at radius 3 is 2.41 bits per heavy atom. The molecule has 0 aromatic heterocycles. The lowest BCUT2D eigenvalue weighted by atomic mass is 10.2. The van der Waals surface area contributed by atoms with Crippen LogP contribution >= 0.6 is 0 Å². The van der Waals surface area contributed by atoms with Crippen LogP contribution in [0.1, 0.15) is 24.8 Å². The van der Waals surface area contributed by atoms with Crippen LogP contribution in [0.2, 0.25) is 0 Å². The maximum absolute atomic E-state index is 12.0. The van der Waals surface area contributed by atoms with Gasteiger partial charge in [0.1, 0.15) is 0 Å². The highest BCUT2D eigenvalue weighted by atomic mass is 32.2. The first-order valence-corrected chi connectivity index (χ1v) is 7.24. The van der Waals surface area contributed by atoms with E-state index in [4.69, 9.17) is 0 Å². The number of aryl methyl sites for hydroxylation is 1. The largest absolute Gasteiger partial charge is 0.391 e. The van der Waals surface area contributed by atoms with Gasteiger partial charge in [-0.15, -0.1) is 0 Å². The zero-order chi connectivity index (χ0) is 12.5. The summed E-state index contributed by atoms with van der Waals surface area (Å²) in [6.45, 7) is 1.91. The lowest BCUT2D eigenvalue weighted by molar-refractivity contribution is 0.159. The van der Waals surface area contributed by atoms with E-state index < -0.39 is 16.1 Å². The number of sulfonamides is 1. The summed E-state index contributed by atoms with van der Waals surface area (Å²) in [7, 11) is -3.50. The van der Waals surface area contributed by atoms with Crippen molar-refractivity contribution in [1.82, 2.24) is 4.72 Å². The molecule has 2 unspecified atom stereocenters. The van der Waals surface area contributed by atoms with E-state index in [1.807, 2.05) is 6.92 Å². The molecule has 2 rings (SSSR count). The summed E-state index contributed by atoms with van der Waals surface area (Å²) >= 11 is 0. The normalized spacial score (nSPS) is 25.1. The monoisotopic (exact) mass is 255 g/mol. The quantitative estimate of drug-likeness (QED) is 0.852. The Kier molecular flexibility index (Phi) is 3.51. The molecule has 1 aliphatic carbocycles. The number of benzene rings is 1. The number of hydrogen-bond acceptors (Lipinski definition) is 3. The molecule has 1 aromatic carbocycles. The van der Waals surface area contributed by atoms with Crippen LogP contribution in [0.3, 0.4) is 0 Å². The van der Waals surface area contributed by atoms with E-state index in [1.165, 1.54) is 0 Å². The Labute approximate surface area is 102 Å². The van der Waals surface area contributed by atoms with Crippen molar-refractivity contribution in [2.24, 2.45) is 0 Å². The van der Waals surface area contributed by atoms with Crippen molar-refractivity contribution in [3.63, 3.8) is 0 Å². The average Bonchev–Trinajstić information content (AvgIpc) is 2.64. The van der Waals surface area contributed by atoms with Gasteiger partial charge in [0.05, 0.1) is 11.0 Å². The van der Waals surface area contributed by atoms with Gasteiger partial charge in [-0.05, 0) is 38.3 Å². The van der Waals surface area contributed by atoms with E-state index in [-0.39, 0.29) is 10.9 Å². The molecule has 1 fully saturated rings. The van der Waals surface area contributed by atoms with Gasteiger partial charge in [-0.1, -0.05) is 17.7 Å². The zero-order valence-corrected chi connectivity index (χ0v) is 10.6.